The number of ether oxygens (including phenoxy) is 1. The van der Waals surface area contributed by atoms with Crippen molar-refractivity contribution in [2.45, 2.75) is 38.0 Å². The van der Waals surface area contributed by atoms with Crippen molar-refractivity contribution in [3.63, 3.8) is 0 Å². The topological polar surface area (TPSA) is 86.3 Å². The highest BCUT2D eigenvalue weighted by Crippen LogP contribution is 2.33. The molecule has 0 aliphatic carbocycles. The van der Waals surface area contributed by atoms with E-state index < -0.39 is 5.60 Å². The monoisotopic (exact) mass is 379 g/mol. The Morgan fingerprint density at radius 1 is 1.11 bits per heavy atom. The molecule has 1 saturated heterocycles. The van der Waals surface area contributed by atoms with Gasteiger partial charge in [0, 0.05) is 19.0 Å². The molecular weight excluding hydrogens is 358 g/mol. The number of fused-ring (bicyclic) bond motifs is 1. The highest BCUT2D eigenvalue weighted by Gasteiger charge is 2.45. The van der Waals surface area contributed by atoms with Gasteiger partial charge >= 0.3 is 0 Å². The molecule has 2 aromatic heterocycles. The Kier molecular flexibility index (Phi) is 4.20. The van der Waals surface area contributed by atoms with Crippen LogP contribution in [0.15, 0.2) is 47.2 Å². The van der Waals surface area contributed by atoms with Gasteiger partial charge in [0.25, 0.3) is 5.91 Å². The van der Waals surface area contributed by atoms with Crippen molar-refractivity contribution in [1.82, 2.24) is 24.8 Å². The van der Waals surface area contributed by atoms with Crippen LogP contribution in [0.4, 0.5) is 0 Å². The first kappa shape index (κ1) is 17.1. The molecule has 2 aliphatic rings. The number of carbonyl (C=O) groups excluding carboxylic acids is 1. The van der Waals surface area contributed by atoms with Crippen molar-refractivity contribution in [2.24, 2.45) is 0 Å². The third-order valence-electron chi connectivity index (χ3n) is 5.60. The Bertz CT molecular complexity index is 969. The maximum absolute atomic E-state index is 12.6. The molecule has 144 valence electrons. The Labute approximate surface area is 162 Å². The fraction of sp³-hybridized carbons (Fsp3) is 0.400. The molecule has 0 radical (unpaired) electrons. The largest absolute Gasteiger partial charge is 0.364 e. The number of hydrogen-bond acceptors (Lipinski definition) is 6. The van der Waals surface area contributed by atoms with E-state index in [0.717, 1.165) is 30.9 Å². The van der Waals surface area contributed by atoms with Crippen molar-refractivity contribution in [2.75, 3.05) is 13.1 Å². The zero-order valence-corrected chi connectivity index (χ0v) is 15.5. The maximum Gasteiger partial charge on any atom is 0.276 e. The molecule has 3 aromatic rings. The van der Waals surface area contributed by atoms with Crippen LogP contribution in [0.3, 0.4) is 0 Å². The molecule has 0 N–H and O–H groups in total. The minimum atomic E-state index is -0.393. The number of aryl methyl sites for hydroxylation is 2. The Hall–Kier alpha value is -3.00. The lowest BCUT2D eigenvalue weighted by atomic mass is 10.0. The molecule has 1 fully saturated rings. The van der Waals surface area contributed by atoms with Gasteiger partial charge in [0.1, 0.15) is 24.3 Å². The summed E-state index contributed by atoms with van der Waals surface area (Å²) in [6, 6.07) is 12.0. The molecule has 1 amide bonds. The Morgan fingerprint density at radius 2 is 2.00 bits per heavy atom. The number of likely N-dealkylation sites (tertiary alicyclic amines) is 1. The van der Waals surface area contributed by atoms with Crippen LogP contribution in [0.1, 0.15) is 34.1 Å². The van der Waals surface area contributed by atoms with Gasteiger partial charge in [-0.05, 0) is 18.4 Å². The second-order valence-electron chi connectivity index (χ2n) is 7.44. The highest BCUT2D eigenvalue weighted by atomic mass is 16.5. The summed E-state index contributed by atoms with van der Waals surface area (Å²) < 4.78 is 13.1. The first-order valence-electron chi connectivity index (χ1n) is 9.51. The van der Waals surface area contributed by atoms with Crippen LogP contribution in [-0.4, -0.2) is 49.4 Å². The molecule has 5 rings (SSSR count). The predicted octanol–water partition coefficient (Wildman–Crippen LogP) is 1.87. The fourth-order valence-electron chi connectivity index (χ4n) is 4.05. The fourth-order valence-corrected chi connectivity index (χ4v) is 4.05. The van der Waals surface area contributed by atoms with Gasteiger partial charge < -0.3 is 18.7 Å². The van der Waals surface area contributed by atoms with Crippen molar-refractivity contribution in [3.8, 4) is 0 Å². The highest BCUT2D eigenvalue weighted by molar-refractivity contribution is 5.92. The molecule has 8 nitrogen and oxygen atoms in total. The van der Waals surface area contributed by atoms with Crippen LogP contribution >= 0.6 is 0 Å². The summed E-state index contributed by atoms with van der Waals surface area (Å²) in [6.07, 6.45) is 3.95. The smallest absolute Gasteiger partial charge is 0.276 e. The van der Waals surface area contributed by atoms with E-state index in [1.165, 1.54) is 11.8 Å². The van der Waals surface area contributed by atoms with Crippen molar-refractivity contribution >= 4 is 5.91 Å². The average molecular weight is 379 g/mol. The quantitative estimate of drug-likeness (QED) is 0.688. The number of nitrogens with zero attached hydrogens (tertiary/aromatic N) is 5. The van der Waals surface area contributed by atoms with Gasteiger partial charge in [0.05, 0.1) is 13.1 Å². The zero-order chi connectivity index (χ0) is 19.0. The summed E-state index contributed by atoms with van der Waals surface area (Å²) in [5, 5.41) is 12.5. The van der Waals surface area contributed by atoms with E-state index >= 15 is 0 Å². The molecule has 1 aromatic carbocycles. The molecular formula is C20H21N5O3. The number of hydrogen-bond donors (Lipinski definition) is 0. The Balaban J connectivity index is 1.30. The summed E-state index contributed by atoms with van der Waals surface area (Å²) in [4.78, 5) is 14.4. The van der Waals surface area contributed by atoms with Crippen LogP contribution in [0.5, 0.6) is 0 Å². The molecule has 1 unspecified atom stereocenters. The molecule has 4 heterocycles. The van der Waals surface area contributed by atoms with Gasteiger partial charge in [-0.15, -0.1) is 10.2 Å². The average Bonchev–Trinajstić information content (AvgIpc) is 3.48. The van der Waals surface area contributed by atoms with E-state index in [1.807, 2.05) is 6.07 Å². The van der Waals surface area contributed by atoms with Crippen LogP contribution in [0.2, 0.25) is 0 Å². The zero-order valence-electron chi connectivity index (χ0n) is 15.5. The lowest BCUT2D eigenvalue weighted by Crippen LogP contribution is -2.45. The summed E-state index contributed by atoms with van der Waals surface area (Å²) >= 11 is 0. The molecule has 2 aliphatic heterocycles. The van der Waals surface area contributed by atoms with Crippen molar-refractivity contribution < 1.29 is 14.1 Å². The van der Waals surface area contributed by atoms with E-state index in [-0.39, 0.29) is 5.91 Å². The van der Waals surface area contributed by atoms with Gasteiger partial charge in [0.2, 0.25) is 0 Å². The lowest BCUT2D eigenvalue weighted by molar-refractivity contribution is -0.0815. The third-order valence-corrected chi connectivity index (χ3v) is 5.60. The van der Waals surface area contributed by atoms with Crippen LogP contribution in [0, 0.1) is 0 Å². The molecule has 1 spiro atoms. The number of rotatable bonds is 4. The van der Waals surface area contributed by atoms with Crippen LogP contribution < -0.4 is 0 Å². The van der Waals surface area contributed by atoms with Gasteiger partial charge in [0.15, 0.2) is 11.5 Å². The normalized spacial score (nSPS) is 21.2. The second kappa shape index (κ2) is 6.87. The van der Waals surface area contributed by atoms with E-state index in [4.69, 9.17) is 9.26 Å². The number of benzene rings is 1. The summed E-state index contributed by atoms with van der Waals surface area (Å²) in [6.45, 7) is 2.27. The SMILES string of the molecule is O=C(c1ccon1)N1CCC2(C1)Cn1c(CCc3ccccc3)nnc1CO2. The predicted molar refractivity (Wildman–Crippen MR) is 98.4 cm³/mol. The number of amides is 1. The van der Waals surface area contributed by atoms with Gasteiger partial charge in [-0.25, -0.2) is 0 Å². The molecule has 28 heavy (non-hydrogen) atoms. The lowest BCUT2D eigenvalue weighted by Gasteiger charge is -2.34. The van der Waals surface area contributed by atoms with Crippen LogP contribution in [-0.2, 0) is 30.7 Å². The van der Waals surface area contributed by atoms with Crippen LogP contribution in [0.25, 0.3) is 0 Å². The molecule has 1 atom stereocenters. The first-order valence-corrected chi connectivity index (χ1v) is 9.51. The van der Waals surface area contributed by atoms with Crippen molar-refractivity contribution in [1.29, 1.82) is 0 Å². The molecule has 0 bridgehead atoms. The number of aromatic nitrogens is 4. The third kappa shape index (κ3) is 3.09. The standard InChI is InChI=1S/C20H21N5O3/c26-19(16-8-11-28-23-16)24-10-9-20(13-24)14-25-17(21-22-18(25)12-27-20)7-6-15-4-2-1-3-5-15/h1-5,8,11H,6-7,9-10,12-14H2. The van der Waals surface area contributed by atoms with Crippen molar-refractivity contribution in [3.05, 3.63) is 65.6 Å². The first-order chi connectivity index (χ1) is 13.7. The Morgan fingerprint density at radius 3 is 2.82 bits per heavy atom. The van der Waals surface area contributed by atoms with Gasteiger partial charge in [-0.2, -0.15) is 0 Å². The molecule has 0 saturated carbocycles. The molecule has 8 heteroatoms. The summed E-state index contributed by atoms with van der Waals surface area (Å²) in [5.41, 5.74) is 1.23. The van der Waals surface area contributed by atoms with E-state index in [0.29, 0.717) is 31.9 Å². The van der Waals surface area contributed by atoms with E-state index in [2.05, 4.69) is 44.2 Å². The summed E-state index contributed by atoms with van der Waals surface area (Å²) in [5.74, 6) is 1.71. The van der Waals surface area contributed by atoms with Gasteiger partial charge in [-0.1, -0.05) is 35.5 Å². The minimum Gasteiger partial charge on any atom is -0.364 e. The van der Waals surface area contributed by atoms with E-state index in [9.17, 15) is 4.79 Å². The minimum absolute atomic E-state index is 0.118. The maximum atomic E-state index is 12.6. The summed E-state index contributed by atoms with van der Waals surface area (Å²) in [7, 11) is 0. The second-order valence-corrected chi connectivity index (χ2v) is 7.44. The van der Waals surface area contributed by atoms with E-state index in [1.54, 1.807) is 11.0 Å². The van der Waals surface area contributed by atoms with Gasteiger partial charge in [-0.3, -0.25) is 4.79 Å². The number of carbonyl (C=O) groups is 1.